The molecule has 0 heteroatoms. The van der Waals surface area contributed by atoms with Gasteiger partial charge in [-0.05, 0) is 32.1 Å². The van der Waals surface area contributed by atoms with E-state index in [4.69, 9.17) is 0 Å². The van der Waals surface area contributed by atoms with Crippen LogP contribution in [0.3, 0.4) is 0 Å². The van der Waals surface area contributed by atoms with E-state index in [1.165, 1.54) is 25.7 Å². The molecule has 0 aromatic carbocycles. The Hall–Kier alpha value is -0.260. The zero-order valence-corrected chi connectivity index (χ0v) is 7.48. The lowest BCUT2D eigenvalue weighted by Crippen LogP contribution is -1.83. The normalized spacial score (nSPS) is 11.6. The van der Waals surface area contributed by atoms with Gasteiger partial charge in [-0.25, -0.2) is 0 Å². The van der Waals surface area contributed by atoms with E-state index >= 15 is 0 Å². The Balaban J connectivity index is 2.91. The topological polar surface area (TPSA) is 0 Å². The van der Waals surface area contributed by atoms with E-state index in [1.54, 1.807) is 5.92 Å². The Labute approximate surface area is 65.3 Å². The number of unbranched alkanes of at least 4 members (excludes halogenated alkanes) is 2. The molecule has 10 heavy (non-hydrogen) atoms. The number of rotatable bonds is 5. The summed E-state index contributed by atoms with van der Waals surface area (Å²) in [4.78, 5) is 0. The van der Waals surface area contributed by atoms with Gasteiger partial charge in [0.05, 0.1) is 0 Å². The summed E-state index contributed by atoms with van der Waals surface area (Å²) in [5.74, 6) is 1.56. The fraction of sp³-hybridized carbons (Fsp3) is 0.700. The summed E-state index contributed by atoms with van der Waals surface area (Å²) >= 11 is 0. The monoisotopic (exact) mass is 139 g/mol. The van der Waals surface area contributed by atoms with E-state index in [-0.39, 0.29) is 0 Å². The second-order valence-corrected chi connectivity index (χ2v) is 3.02. The number of hydrogen-bond acceptors (Lipinski definition) is 0. The van der Waals surface area contributed by atoms with Gasteiger partial charge in [-0.3, -0.25) is 0 Å². The van der Waals surface area contributed by atoms with E-state index in [9.17, 15) is 0 Å². The molecule has 0 aliphatic carbocycles. The first-order valence-electron chi connectivity index (χ1n) is 4.17. The molecule has 0 heterocycles. The van der Waals surface area contributed by atoms with Crippen molar-refractivity contribution in [3.63, 3.8) is 0 Å². The Morgan fingerprint density at radius 2 is 1.90 bits per heavy atom. The highest BCUT2D eigenvalue weighted by atomic mass is 14.0. The minimum absolute atomic E-state index is 1.25. The summed E-state index contributed by atoms with van der Waals surface area (Å²) in [6.45, 7) is 6.49. The van der Waals surface area contributed by atoms with Crippen LogP contribution < -0.4 is 0 Å². The van der Waals surface area contributed by atoms with Crippen molar-refractivity contribution in [1.82, 2.24) is 0 Å². The highest BCUT2D eigenvalue weighted by Crippen LogP contribution is 2.09. The molecule has 0 bridgehead atoms. The maximum absolute atomic E-state index is 2.24. The molecule has 0 aromatic heterocycles. The molecule has 59 valence electrons. The zero-order chi connectivity index (χ0) is 7.82. The van der Waals surface area contributed by atoms with Crippen LogP contribution in [-0.2, 0) is 0 Å². The molecule has 0 saturated heterocycles. The second kappa shape index (κ2) is 6.85. The SMILES string of the molecule is C/C=C/CCCC[C](C)C. The number of allylic oxidation sites excluding steroid dienone is 2. The molecule has 0 aliphatic heterocycles. The summed E-state index contributed by atoms with van der Waals surface area (Å²) in [7, 11) is 0. The van der Waals surface area contributed by atoms with Crippen molar-refractivity contribution in [2.24, 2.45) is 0 Å². The first-order chi connectivity index (χ1) is 4.77. The Morgan fingerprint density at radius 1 is 1.20 bits per heavy atom. The highest BCUT2D eigenvalue weighted by molar-refractivity contribution is 4.79. The predicted molar refractivity (Wildman–Crippen MR) is 47.9 cm³/mol. The molecule has 0 aromatic rings. The van der Waals surface area contributed by atoms with Crippen molar-refractivity contribution in [3.8, 4) is 0 Å². The van der Waals surface area contributed by atoms with E-state index in [0.717, 1.165) is 0 Å². The fourth-order valence-electron chi connectivity index (χ4n) is 0.907. The minimum Gasteiger partial charge on any atom is -0.0917 e. The summed E-state index contributed by atoms with van der Waals surface area (Å²) in [5.41, 5.74) is 0. The maximum atomic E-state index is 2.24. The molecule has 0 spiro atoms. The van der Waals surface area contributed by atoms with Crippen molar-refractivity contribution in [1.29, 1.82) is 0 Å². The quantitative estimate of drug-likeness (QED) is 0.402. The molecule has 1 radical (unpaired) electrons. The van der Waals surface area contributed by atoms with Crippen LogP contribution in [0.1, 0.15) is 46.5 Å². The van der Waals surface area contributed by atoms with Crippen LogP contribution in [-0.4, -0.2) is 0 Å². The molecule has 0 atom stereocenters. The first kappa shape index (κ1) is 9.74. The standard InChI is InChI=1S/C10H19/c1-4-5-6-7-8-9-10(2)3/h4-5H,6-9H2,1-3H3/b5-4+. The van der Waals surface area contributed by atoms with Gasteiger partial charge < -0.3 is 0 Å². The third-order valence-corrected chi connectivity index (χ3v) is 1.53. The van der Waals surface area contributed by atoms with Crippen LogP contribution in [0.4, 0.5) is 0 Å². The number of hydrogen-bond donors (Lipinski definition) is 0. The van der Waals surface area contributed by atoms with Gasteiger partial charge in [0.1, 0.15) is 0 Å². The van der Waals surface area contributed by atoms with Gasteiger partial charge in [0, 0.05) is 0 Å². The van der Waals surface area contributed by atoms with Gasteiger partial charge in [0.25, 0.3) is 0 Å². The van der Waals surface area contributed by atoms with Crippen molar-refractivity contribution < 1.29 is 0 Å². The summed E-state index contributed by atoms with van der Waals surface area (Å²) in [5, 5.41) is 0. The average Bonchev–Trinajstić information content (AvgIpc) is 1.87. The maximum Gasteiger partial charge on any atom is -0.0303 e. The first-order valence-corrected chi connectivity index (χ1v) is 4.17. The fourth-order valence-corrected chi connectivity index (χ4v) is 0.907. The second-order valence-electron chi connectivity index (χ2n) is 3.02. The lowest BCUT2D eigenvalue weighted by molar-refractivity contribution is 0.698. The van der Waals surface area contributed by atoms with Crippen LogP contribution >= 0.6 is 0 Å². The highest BCUT2D eigenvalue weighted by Gasteiger charge is 1.91. The Kier molecular flexibility index (Phi) is 6.68. The Morgan fingerprint density at radius 3 is 2.40 bits per heavy atom. The van der Waals surface area contributed by atoms with E-state index < -0.39 is 0 Å². The van der Waals surface area contributed by atoms with Gasteiger partial charge in [-0.1, -0.05) is 32.4 Å². The van der Waals surface area contributed by atoms with Crippen molar-refractivity contribution in [3.05, 3.63) is 18.1 Å². The average molecular weight is 139 g/mol. The van der Waals surface area contributed by atoms with Crippen LogP contribution in [0, 0.1) is 5.92 Å². The van der Waals surface area contributed by atoms with Gasteiger partial charge in [0.15, 0.2) is 0 Å². The van der Waals surface area contributed by atoms with Gasteiger partial charge in [-0.15, -0.1) is 0 Å². The molecule has 0 nitrogen and oxygen atoms in total. The predicted octanol–water partition coefficient (Wildman–Crippen LogP) is 3.74. The molecule has 0 N–H and O–H groups in total. The molecule has 0 amide bonds. The summed E-state index contributed by atoms with van der Waals surface area (Å²) < 4.78 is 0. The summed E-state index contributed by atoms with van der Waals surface area (Å²) in [6, 6.07) is 0. The largest absolute Gasteiger partial charge is 0.0917 e. The smallest absolute Gasteiger partial charge is 0.0303 e. The van der Waals surface area contributed by atoms with E-state index in [1.807, 2.05) is 0 Å². The molecule has 0 aliphatic rings. The van der Waals surface area contributed by atoms with Crippen LogP contribution in [0.5, 0.6) is 0 Å². The lowest BCUT2D eigenvalue weighted by atomic mass is 10.1. The van der Waals surface area contributed by atoms with Gasteiger partial charge in [-0.2, -0.15) is 0 Å². The molecular weight excluding hydrogens is 120 g/mol. The molecule has 0 rings (SSSR count). The third-order valence-electron chi connectivity index (χ3n) is 1.53. The molecule has 0 unspecified atom stereocenters. The molecule has 0 fully saturated rings. The van der Waals surface area contributed by atoms with Crippen molar-refractivity contribution in [2.75, 3.05) is 0 Å². The van der Waals surface area contributed by atoms with Gasteiger partial charge in [0.2, 0.25) is 0 Å². The Bertz CT molecular complexity index is 80.0. The van der Waals surface area contributed by atoms with E-state index in [2.05, 4.69) is 32.9 Å². The third kappa shape index (κ3) is 7.74. The van der Waals surface area contributed by atoms with E-state index in [0.29, 0.717) is 0 Å². The summed E-state index contributed by atoms with van der Waals surface area (Å²) in [6.07, 6.45) is 9.62. The van der Waals surface area contributed by atoms with Crippen LogP contribution in [0.2, 0.25) is 0 Å². The lowest BCUT2D eigenvalue weighted by Gasteiger charge is -2.00. The zero-order valence-electron chi connectivity index (χ0n) is 7.48. The van der Waals surface area contributed by atoms with Gasteiger partial charge >= 0.3 is 0 Å². The molecular formula is C10H19. The van der Waals surface area contributed by atoms with Crippen molar-refractivity contribution >= 4 is 0 Å². The van der Waals surface area contributed by atoms with Crippen molar-refractivity contribution in [2.45, 2.75) is 46.5 Å². The molecule has 0 saturated carbocycles. The minimum atomic E-state index is 1.25. The van der Waals surface area contributed by atoms with Crippen LogP contribution in [0.25, 0.3) is 0 Å². The van der Waals surface area contributed by atoms with Crippen LogP contribution in [0.15, 0.2) is 12.2 Å².